The van der Waals surface area contributed by atoms with Crippen molar-refractivity contribution in [3.8, 4) is 11.4 Å². The Hall–Kier alpha value is -3.00. The van der Waals surface area contributed by atoms with Gasteiger partial charge in [-0.25, -0.2) is 9.37 Å². The maximum atomic E-state index is 13.1. The number of benzene rings is 2. The Balaban J connectivity index is 1.63. The minimum atomic E-state index is -0.296. The molecule has 1 atom stereocenters. The summed E-state index contributed by atoms with van der Waals surface area (Å²) in [6.07, 6.45) is 0. The number of nitrogens with one attached hydrogen (secondary N) is 1. The fourth-order valence-electron chi connectivity index (χ4n) is 2.78. The molecular formula is C19H16FN5OS. The molecule has 4 rings (SSSR count). The van der Waals surface area contributed by atoms with Gasteiger partial charge in [-0.3, -0.25) is 4.79 Å². The molecule has 8 heteroatoms. The predicted molar refractivity (Wildman–Crippen MR) is 103 cm³/mol. The number of rotatable bonds is 4. The van der Waals surface area contributed by atoms with Crippen molar-refractivity contribution in [1.29, 1.82) is 0 Å². The third kappa shape index (κ3) is 3.35. The van der Waals surface area contributed by atoms with Crippen LogP contribution in [-0.4, -0.2) is 24.7 Å². The highest BCUT2D eigenvalue weighted by atomic mass is 32.2. The van der Waals surface area contributed by atoms with Crippen LogP contribution in [0.15, 0.2) is 58.5 Å². The van der Waals surface area contributed by atoms with Crippen LogP contribution in [0.25, 0.3) is 22.3 Å². The Morgan fingerprint density at radius 1 is 1.11 bits per heavy atom. The number of fused-ring (bicyclic) bond motifs is 1. The summed E-state index contributed by atoms with van der Waals surface area (Å²) < 4.78 is 15.0. The second kappa shape index (κ2) is 6.96. The number of para-hydroxylation sites is 1. The molecule has 2 heterocycles. The van der Waals surface area contributed by atoms with Crippen LogP contribution < -0.4 is 5.56 Å². The van der Waals surface area contributed by atoms with Crippen LogP contribution in [0.5, 0.6) is 0 Å². The van der Waals surface area contributed by atoms with Gasteiger partial charge in [-0.1, -0.05) is 23.9 Å². The van der Waals surface area contributed by atoms with Gasteiger partial charge in [0, 0.05) is 12.6 Å². The molecule has 0 aliphatic carbocycles. The molecular weight excluding hydrogens is 365 g/mol. The fourth-order valence-corrected chi connectivity index (χ4v) is 3.65. The topological polar surface area (TPSA) is 76.5 Å². The van der Waals surface area contributed by atoms with Gasteiger partial charge in [0.05, 0.1) is 16.2 Å². The maximum absolute atomic E-state index is 13.1. The summed E-state index contributed by atoms with van der Waals surface area (Å²) in [6, 6.07) is 13.4. The quantitative estimate of drug-likeness (QED) is 0.545. The van der Waals surface area contributed by atoms with Gasteiger partial charge in [0.15, 0.2) is 11.0 Å². The summed E-state index contributed by atoms with van der Waals surface area (Å²) in [5, 5.41) is 9.55. The van der Waals surface area contributed by atoms with E-state index in [-0.39, 0.29) is 16.6 Å². The molecule has 4 aromatic rings. The van der Waals surface area contributed by atoms with Crippen LogP contribution in [0, 0.1) is 5.82 Å². The summed E-state index contributed by atoms with van der Waals surface area (Å²) in [4.78, 5) is 19.7. The van der Waals surface area contributed by atoms with Crippen LogP contribution >= 0.6 is 11.8 Å². The number of hydrogen-bond acceptors (Lipinski definition) is 5. The number of hydrogen-bond donors (Lipinski definition) is 1. The first-order chi connectivity index (χ1) is 13.0. The van der Waals surface area contributed by atoms with E-state index in [1.807, 2.05) is 36.7 Å². The number of halogens is 1. The smallest absolute Gasteiger partial charge is 0.258 e. The van der Waals surface area contributed by atoms with Crippen LogP contribution in [0.4, 0.5) is 4.39 Å². The highest BCUT2D eigenvalue weighted by Gasteiger charge is 2.18. The van der Waals surface area contributed by atoms with Gasteiger partial charge < -0.3 is 9.55 Å². The normalized spacial score (nSPS) is 12.4. The van der Waals surface area contributed by atoms with E-state index in [2.05, 4.69) is 20.2 Å². The largest absolute Gasteiger partial charge is 0.309 e. The Labute approximate surface area is 158 Å². The average Bonchev–Trinajstić information content (AvgIpc) is 3.03. The van der Waals surface area contributed by atoms with Crippen LogP contribution in [-0.2, 0) is 7.05 Å². The molecule has 0 fully saturated rings. The van der Waals surface area contributed by atoms with Gasteiger partial charge in [0.25, 0.3) is 5.56 Å². The summed E-state index contributed by atoms with van der Waals surface area (Å²) >= 11 is 1.44. The molecule has 2 aromatic heterocycles. The molecule has 0 aliphatic rings. The predicted octanol–water partition coefficient (Wildman–Crippen LogP) is 3.71. The first-order valence-electron chi connectivity index (χ1n) is 8.34. The molecule has 1 N–H and O–H groups in total. The van der Waals surface area contributed by atoms with Crippen LogP contribution in [0.2, 0.25) is 0 Å². The van der Waals surface area contributed by atoms with Crippen molar-refractivity contribution in [3.63, 3.8) is 0 Å². The van der Waals surface area contributed by atoms with E-state index >= 15 is 0 Å². The molecule has 136 valence electrons. The van der Waals surface area contributed by atoms with E-state index in [1.165, 1.54) is 23.9 Å². The monoisotopic (exact) mass is 381 g/mol. The highest BCUT2D eigenvalue weighted by Crippen LogP contribution is 2.33. The zero-order valence-electron chi connectivity index (χ0n) is 14.7. The van der Waals surface area contributed by atoms with E-state index in [0.29, 0.717) is 27.7 Å². The van der Waals surface area contributed by atoms with Crippen LogP contribution in [0.1, 0.15) is 18.0 Å². The molecule has 0 aliphatic heterocycles. The van der Waals surface area contributed by atoms with E-state index in [1.54, 1.807) is 18.2 Å². The van der Waals surface area contributed by atoms with Crippen molar-refractivity contribution in [3.05, 3.63) is 70.5 Å². The van der Waals surface area contributed by atoms with Gasteiger partial charge in [-0.15, -0.1) is 10.2 Å². The third-order valence-electron chi connectivity index (χ3n) is 4.24. The van der Waals surface area contributed by atoms with Gasteiger partial charge in [-0.05, 0) is 43.3 Å². The SMILES string of the molecule is CC(Sc1nnc(-c2ccc(F)cc2)n1C)c1nc2ccccc2c(=O)[nH]1. The molecule has 0 bridgehead atoms. The molecule has 0 saturated heterocycles. The van der Waals surface area contributed by atoms with Gasteiger partial charge >= 0.3 is 0 Å². The molecule has 6 nitrogen and oxygen atoms in total. The highest BCUT2D eigenvalue weighted by molar-refractivity contribution is 7.99. The number of aromatic nitrogens is 5. The van der Waals surface area contributed by atoms with E-state index in [9.17, 15) is 9.18 Å². The Morgan fingerprint density at radius 3 is 2.63 bits per heavy atom. The Kier molecular flexibility index (Phi) is 4.49. The van der Waals surface area contributed by atoms with E-state index in [4.69, 9.17) is 0 Å². The zero-order chi connectivity index (χ0) is 19.0. The van der Waals surface area contributed by atoms with Gasteiger partial charge in [-0.2, -0.15) is 0 Å². The lowest BCUT2D eigenvalue weighted by atomic mass is 10.2. The lowest BCUT2D eigenvalue weighted by Crippen LogP contribution is -2.13. The molecule has 0 spiro atoms. The Morgan fingerprint density at radius 2 is 1.85 bits per heavy atom. The lowest BCUT2D eigenvalue weighted by Gasteiger charge is -2.11. The van der Waals surface area contributed by atoms with Gasteiger partial charge in [0.1, 0.15) is 11.6 Å². The molecule has 0 radical (unpaired) electrons. The molecule has 0 amide bonds. The third-order valence-corrected chi connectivity index (χ3v) is 5.38. The number of nitrogens with zero attached hydrogens (tertiary/aromatic N) is 4. The first-order valence-corrected chi connectivity index (χ1v) is 9.22. The summed E-state index contributed by atoms with van der Waals surface area (Å²) in [5.74, 6) is 0.926. The first kappa shape index (κ1) is 17.4. The van der Waals surface area contributed by atoms with Crippen molar-refractivity contribution in [2.75, 3.05) is 0 Å². The van der Waals surface area contributed by atoms with Crippen molar-refractivity contribution >= 4 is 22.7 Å². The molecule has 27 heavy (non-hydrogen) atoms. The minimum absolute atomic E-state index is 0.133. The zero-order valence-corrected chi connectivity index (χ0v) is 15.5. The standard InChI is InChI=1S/C19H16FN5OS/c1-11(16-21-15-6-4-3-5-14(15)18(26)22-16)27-19-24-23-17(25(19)2)12-7-9-13(20)10-8-12/h3-11H,1-2H3,(H,21,22,26). The van der Waals surface area contributed by atoms with Crippen molar-refractivity contribution in [2.24, 2.45) is 7.05 Å². The average molecular weight is 381 g/mol. The second-order valence-corrected chi connectivity index (χ2v) is 7.41. The molecule has 2 aromatic carbocycles. The molecule has 0 saturated carbocycles. The lowest BCUT2D eigenvalue weighted by molar-refractivity contribution is 0.628. The van der Waals surface area contributed by atoms with Crippen molar-refractivity contribution in [1.82, 2.24) is 24.7 Å². The minimum Gasteiger partial charge on any atom is -0.309 e. The summed E-state index contributed by atoms with van der Waals surface area (Å²) in [6.45, 7) is 1.95. The Bertz CT molecular complexity index is 1170. The molecule has 1 unspecified atom stereocenters. The van der Waals surface area contributed by atoms with Crippen molar-refractivity contribution in [2.45, 2.75) is 17.3 Å². The maximum Gasteiger partial charge on any atom is 0.258 e. The number of H-pyrrole nitrogens is 1. The summed E-state index contributed by atoms with van der Waals surface area (Å²) in [7, 11) is 1.85. The summed E-state index contributed by atoms with van der Waals surface area (Å²) in [5.41, 5.74) is 1.28. The van der Waals surface area contributed by atoms with E-state index in [0.717, 1.165) is 5.56 Å². The number of aromatic amines is 1. The van der Waals surface area contributed by atoms with Crippen LogP contribution in [0.3, 0.4) is 0 Å². The number of thioether (sulfide) groups is 1. The second-order valence-electron chi connectivity index (χ2n) is 6.10. The van der Waals surface area contributed by atoms with Gasteiger partial charge in [0.2, 0.25) is 0 Å². The fraction of sp³-hybridized carbons (Fsp3) is 0.158. The van der Waals surface area contributed by atoms with E-state index < -0.39 is 0 Å². The van der Waals surface area contributed by atoms with Crippen molar-refractivity contribution < 1.29 is 4.39 Å².